The van der Waals surface area contributed by atoms with E-state index in [4.69, 9.17) is 5.73 Å². The van der Waals surface area contributed by atoms with Crippen LogP contribution in [-0.2, 0) is 22.4 Å². The molecule has 0 heterocycles. The zero-order chi connectivity index (χ0) is 22.6. The van der Waals surface area contributed by atoms with E-state index in [9.17, 15) is 14.7 Å². The number of likely N-dealkylation sites (N-methyl/N-ethyl adjacent to an activating group) is 1. The molecule has 7 nitrogen and oxygen atoms in total. The van der Waals surface area contributed by atoms with Crippen molar-refractivity contribution in [3.63, 3.8) is 0 Å². The Kier molecular flexibility index (Phi) is 15.2. The first-order valence-electron chi connectivity index (χ1n) is 10.5. The van der Waals surface area contributed by atoms with Gasteiger partial charge in [-0.1, -0.05) is 42.5 Å². The molecular formula is C24H36ClN3O4S. The number of aromatic hydroxyl groups is 1. The van der Waals surface area contributed by atoms with Gasteiger partial charge < -0.3 is 26.5 Å². The van der Waals surface area contributed by atoms with Crippen molar-refractivity contribution in [3.05, 3.63) is 65.7 Å². The molecular weight excluding hydrogens is 462 g/mol. The number of carbonyl (C=O) groups excluding carboxylic acids is 2. The Bertz CT molecular complexity index is 824. The van der Waals surface area contributed by atoms with Gasteiger partial charge in [-0.15, -0.1) is 12.4 Å². The summed E-state index contributed by atoms with van der Waals surface area (Å²) in [5, 5.41) is 12.6. The number of aryl methyl sites for hydroxylation is 1. The van der Waals surface area contributed by atoms with E-state index in [1.165, 1.54) is 5.56 Å². The number of nitrogens with zero attached hydrogens (tertiary/aromatic N) is 1. The van der Waals surface area contributed by atoms with Crippen molar-refractivity contribution >= 4 is 36.0 Å². The summed E-state index contributed by atoms with van der Waals surface area (Å²) in [6.45, 7) is 0.462. The first-order chi connectivity index (χ1) is 15.0. The fourth-order valence-corrected chi connectivity index (χ4v) is 4.04. The van der Waals surface area contributed by atoms with Gasteiger partial charge in [-0.25, -0.2) is 0 Å². The Morgan fingerprint density at radius 1 is 1.09 bits per heavy atom. The van der Waals surface area contributed by atoms with Crippen LogP contribution in [0.3, 0.4) is 0 Å². The van der Waals surface area contributed by atoms with Gasteiger partial charge in [-0.2, -0.15) is 11.8 Å². The van der Waals surface area contributed by atoms with Gasteiger partial charge in [0.1, 0.15) is 11.8 Å². The fourth-order valence-electron chi connectivity index (χ4n) is 3.58. The molecule has 2 atom stereocenters. The largest absolute Gasteiger partial charge is 0.508 e. The highest BCUT2D eigenvalue weighted by Gasteiger charge is 2.31. The molecule has 6 N–H and O–H groups in total. The highest BCUT2D eigenvalue weighted by Crippen LogP contribution is 2.16. The van der Waals surface area contributed by atoms with E-state index >= 15 is 0 Å². The van der Waals surface area contributed by atoms with Crippen LogP contribution in [0.25, 0.3) is 0 Å². The lowest BCUT2D eigenvalue weighted by molar-refractivity contribution is -0.141. The SMILES string of the molecule is CN[C@@H](Cc1ccc(O)cc1)C(=O)N(CCCc1ccccc1)[C@@H](CCSC)C(N)=O.Cl.O. The molecule has 0 aliphatic carbocycles. The standard InChI is InChI=1S/C24H33N3O3S.ClH.H2O/c1-26-21(17-19-10-12-20(28)13-11-19)24(30)27(22(23(25)29)14-16-31-2)15-6-9-18-7-4-3-5-8-18;;/h3-5,7-8,10-13,21-22,26,28H,6,9,14-17H2,1-2H3,(H2,25,29);1H;1H2/t21-,22-;;/m0../s1. The van der Waals surface area contributed by atoms with Gasteiger partial charge in [0.05, 0.1) is 6.04 Å². The third-order valence-electron chi connectivity index (χ3n) is 5.31. The molecule has 0 aliphatic rings. The predicted octanol–water partition coefficient (Wildman–Crippen LogP) is 2.19. The molecule has 2 aromatic rings. The molecule has 0 bridgehead atoms. The highest BCUT2D eigenvalue weighted by molar-refractivity contribution is 7.98. The fraction of sp³-hybridized carbons (Fsp3) is 0.417. The van der Waals surface area contributed by atoms with E-state index in [0.29, 0.717) is 19.4 Å². The Morgan fingerprint density at radius 3 is 2.27 bits per heavy atom. The molecule has 184 valence electrons. The summed E-state index contributed by atoms with van der Waals surface area (Å²) in [4.78, 5) is 27.4. The number of halogens is 1. The normalized spacial score (nSPS) is 12.1. The minimum Gasteiger partial charge on any atom is -0.508 e. The number of carbonyl (C=O) groups is 2. The second-order valence-corrected chi connectivity index (χ2v) is 8.52. The maximum Gasteiger partial charge on any atom is 0.240 e. The van der Waals surface area contributed by atoms with E-state index in [2.05, 4.69) is 17.4 Å². The van der Waals surface area contributed by atoms with Crippen LogP contribution in [0.15, 0.2) is 54.6 Å². The van der Waals surface area contributed by atoms with Gasteiger partial charge >= 0.3 is 0 Å². The molecule has 0 aliphatic heterocycles. The molecule has 2 amide bonds. The Morgan fingerprint density at radius 2 is 1.73 bits per heavy atom. The van der Waals surface area contributed by atoms with Crippen LogP contribution in [0.5, 0.6) is 5.75 Å². The number of phenols is 1. The topological polar surface area (TPSA) is 127 Å². The molecule has 33 heavy (non-hydrogen) atoms. The lowest BCUT2D eigenvalue weighted by atomic mass is 10.0. The monoisotopic (exact) mass is 497 g/mol. The van der Waals surface area contributed by atoms with Crippen molar-refractivity contribution in [2.24, 2.45) is 5.73 Å². The summed E-state index contributed by atoms with van der Waals surface area (Å²) in [6.07, 6.45) is 4.53. The summed E-state index contributed by atoms with van der Waals surface area (Å²) in [7, 11) is 1.74. The first-order valence-corrected chi connectivity index (χ1v) is 11.9. The van der Waals surface area contributed by atoms with Gasteiger partial charge in [0.15, 0.2) is 0 Å². The Hall–Kier alpha value is -2.26. The summed E-state index contributed by atoms with van der Waals surface area (Å²) in [5.41, 5.74) is 7.84. The number of nitrogens with two attached hydrogens (primary N) is 1. The summed E-state index contributed by atoms with van der Waals surface area (Å²) < 4.78 is 0. The number of rotatable bonds is 13. The molecule has 0 unspecified atom stereocenters. The first kappa shape index (κ1) is 30.7. The van der Waals surface area contributed by atoms with Gasteiger partial charge in [0, 0.05) is 6.54 Å². The van der Waals surface area contributed by atoms with Crippen LogP contribution in [0.2, 0.25) is 0 Å². The lowest BCUT2D eigenvalue weighted by Crippen LogP contribution is -2.55. The Balaban J connectivity index is 0.00000512. The minimum absolute atomic E-state index is 0. The third-order valence-corrected chi connectivity index (χ3v) is 5.96. The van der Waals surface area contributed by atoms with Crippen molar-refractivity contribution < 1.29 is 20.2 Å². The number of hydrogen-bond acceptors (Lipinski definition) is 5. The number of amides is 2. The number of primary amides is 1. The second-order valence-electron chi connectivity index (χ2n) is 7.53. The number of thioether (sulfide) groups is 1. The van der Waals surface area contributed by atoms with Crippen LogP contribution in [0, 0.1) is 0 Å². The molecule has 9 heteroatoms. The van der Waals surface area contributed by atoms with Crippen LogP contribution in [0.1, 0.15) is 24.0 Å². The van der Waals surface area contributed by atoms with Crippen LogP contribution < -0.4 is 11.1 Å². The number of benzene rings is 2. The average molecular weight is 498 g/mol. The molecule has 2 rings (SSSR count). The smallest absolute Gasteiger partial charge is 0.240 e. The van der Waals surface area contributed by atoms with Crippen molar-refractivity contribution in [1.82, 2.24) is 10.2 Å². The predicted molar refractivity (Wildman–Crippen MR) is 138 cm³/mol. The van der Waals surface area contributed by atoms with Crippen molar-refractivity contribution in [2.75, 3.05) is 25.6 Å². The van der Waals surface area contributed by atoms with Gasteiger partial charge in [-0.05, 0) is 68.0 Å². The van der Waals surface area contributed by atoms with Crippen LogP contribution in [-0.4, -0.2) is 65.0 Å². The van der Waals surface area contributed by atoms with Crippen molar-refractivity contribution in [3.8, 4) is 5.75 Å². The van der Waals surface area contributed by atoms with Crippen molar-refractivity contribution in [1.29, 1.82) is 0 Å². The molecule has 2 aromatic carbocycles. The lowest BCUT2D eigenvalue weighted by Gasteiger charge is -2.33. The summed E-state index contributed by atoms with van der Waals surface area (Å²) >= 11 is 1.63. The minimum atomic E-state index is -0.633. The third kappa shape index (κ3) is 10.0. The summed E-state index contributed by atoms with van der Waals surface area (Å²) in [5.74, 6) is 0.331. The molecule has 0 fully saturated rings. The van der Waals surface area contributed by atoms with E-state index < -0.39 is 18.0 Å². The maximum absolute atomic E-state index is 13.5. The number of nitrogens with one attached hydrogen (secondary N) is 1. The molecule has 0 saturated heterocycles. The van der Waals surface area contributed by atoms with Gasteiger partial charge in [0.2, 0.25) is 11.8 Å². The second kappa shape index (κ2) is 16.4. The van der Waals surface area contributed by atoms with Gasteiger partial charge in [0.25, 0.3) is 0 Å². The van der Waals surface area contributed by atoms with Crippen molar-refractivity contribution in [2.45, 2.75) is 37.8 Å². The summed E-state index contributed by atoms with van der Waals surface area (Å²) in [6, 6.07) is 15.8. The van der Waals surface area contributed by atoms with Crippen LogP contribution in [0.4, 0.5) is 0 Å². The van der Waals surface area contributed by atoms with E-state index in [1.54, 1.807) is 48.0 Å². The molecule has 0 aromatic heterocycles. The van der Waals surface area contributed by atoms with E-state index in [-0.39, 0.29) is 29.5 Å². The zero-order valence-electron chi connectivity index (χ0n) is 19.2. The molecule has 0 saturated carbocycles. The highest BCUT2D eigenvalue weighted by atomic mass is 35.5. The molecule has 0 radical (unpaired) electrons. The zero-order valence-corrected chi connectivity index (χ0v) is 20.8. The van der Waals surface area contributed by atoms with E-state index in [0.717, 1.165) is 24.2 Å². The quantitative estimate of drug-likeness (QED) is 0.391. The maximum atomic E-state index is 13.5. The number of phenolic OH excluding ortho intramolecular Hbond substituents is 1. The number of hydrogen-bond donors (Lipinski definition) is 3. The van der Waals surface area contributed by atoms with E-state index in [1.807, 2.05) is 24.5 Å². The molecule has 0 spiro atoms. The van der Waals surface area contributed by atoms with Crippen LogP contribution >= 0.6 is 24.2 Å². The Labute approximate surface area is 206 Å². The average Bonchev–Trinajstić information content (AvgIpc) is 2.77. The van der Waals surface area contributed by atoms with Gasteiger partial charge in [-0.3, -0.25) is 9.59 Å².